The molecule has 0 fully saturated rings. The molecule has 0 atom stereocenters. The molecule has 3 rings (SSSR count). The van der Waals surface area contributed by atoms with Gasteiger partial charge >= 0.3 is 0 Å². The molecule has 30 heavy (non-hydrogen) atoms. The summed E-state index contributed by atoms with van der Waals surface area (Å²) in [5.74, 6) is 0.701. The van der Waals surface area contributed by atoms with Gasteiger partial charge in [-0.25, -0.2) is 0 Å². The zero-order valence-corrected chi connectivity index (χ0v) is 19.5. The third-order valence-electron chi connectivity index (χ3n) is 6.76. The number of phenols is 2. The summed E-state index contributed by atoms with van der Waals surface area (Å²) >= 11 is 0. The smallest absolute Gasteiger partial charge is 0.118 e. The van der Waals surface area contributed by atoms with Gasteiger partial charge in [-0.3, -0.25) is 0 Å². The first kappa shape index (κ1) is 22.0. The molecule has 0 unspecified atom stereocenters. The normalized spacial score (nSPS) is 12.3. The number of benzene rings is 3. The van der Waals surface area contributed by atoms with E-state index in [1.54, 1.807) is 0 Å². The van der Waals surface area contributed by atoms with Crippen molar-refractivity contribution in [3.63, 3.8) is 0 Å². The molecule has 2 heteroatoms. The van der Waals surface area contributed by atoms with Crippen molar-refractivity contribution < 1.29 is 10.2 Å². The highest BCUT2D eigenvalue weighted by atomic mass is 16.3. The second-order valence-corrected chi connectivity index (χ2v) is 9.73. The first-order valence-corrected chi connectivity index (χ1v) is 10.6. The first-order valence-electron chi connectivity index (χ1n) is 10.6. The molecule has 0 radical (unpaired) electrons. The van der Waals surface area contributed by atoms with Crippen LogP contribution in [0.5, 0.6) is 11.5 Å². The largest absolute Gasteiger partial charge is 0.508 e. The van der Waals surface area contributed by atoms with Crippen LogP contribution in [0, 0.1) is 27.7 Å². The Morgan fingerprint density at radius 3 is 1.10 bits per heavy atom. The van der Waals surface area contributed by atoms with Gasteiger partial charge in [0.25, 0.3) is 0 Å². The van der Waals surface area contributed by atoms with Gasteiger partial charge in [-0.1, -0.05) is 64.1 Å². The highest BCUT2D eigenvalue weighted by Gasteiger charge is 2.29. The lowest BCUT2D eigenvalue weighted by atomic mass is 9.72. The third kappa shape index (κ3) is 3.71. The fourth-order valence-electron chi connectivity index (χ4n) is 4.56. The van der Waals surface area contributed by atoms with Crippen LogP contribution in [-0.4, -0.2) is 10.2 Å². The molecule has 0 saturated heterocycles. The number of hydrogen-bond donors (Lipinski definition) is 2. The van der Waals surface area contributed by atoms with Crippen molar-refractivity contribution in [3.8, 4) is 11.5 Å². The van der Waals surface area contributed by atoms with E-state index in [0.717, 1.165) is 22.3 Å². The number of phenolic OH excluding ortho intramolecular Hbond substituents is 2. The van der Waals surface area contributed by atoms with Crippen molar-refractivity contribution in [3.05, 3.63) is 93.0 Å². The van der Waals surface area contributed by atoms with Gasteiger partial charge in [0.05, 0.1) is 0 Å². The lowest BCUT2D eigenvalue weighted by molar-refractivity contribution is 0.469. The van der Waals surface area contributed by atoms with E-state index in [9.17, 15) is 10.2 Å². The average Bonchev–Trinajstić information content (AvgIpc) is 2.67. The number of aryl methyl sites for hydroxylation is 4. The Kier molecular flexibility index (Phi) is 5.49. The molecule has 158 valence electrons. The van der Waals surface area contributed by atoms with Crippen molar-refractivity contribution in [2.75, 3.05) is 0 Å². The molecule has 0 aliphatic rings. The first-order chi connectivity index (χ1) is 13.9. The van der Waals surface area contributed by atoms with Crippen LogP contribution in [0.4, 0.5) is 0 Å². The molecule has 3 aromatic rings. The van der Waals surface area contributed by atoms with Crippen molar-refractivity contribution in [2.45, 2.75) is 66.2 Å². The maximum atomic E-state index is 10.0. The Balaban J connectivity index is 2.02. The van der Waals surface area contributed by atoms with Crippen LogP contribution in [0.15, 0.2) is 48.5 Å². The number of aromatic hydroxyl groups is 2. The second kappa shape index (κ2) is 7.50. The van der Waals surface area contributed by atoms with E-state index in [0.29, 0.717) is 11.5 Å². The highest BCUT2D eigenvalue weighted by molar-refractivity contribution is 5.51. The van der Waals surface area contributed by atoms with E-state index in [1.807, 2.05) is 26.0 Å². The fraction of sp³-hybridized carbons (Fsp3) is 0.357. The van der Waals surface area contributed by atoms with E-state index >= 15 is 0 Å². The zero-order chi connectivity index (χ0) is 22.4. The molecule has 0 aliphatic heterocycles. The van der Waals surface area contributed by atoms with Gasteiger partial charge in [-0.2, -0.15) is 0 Å². The lowest BCUT2D eigenvalue weighted by Gasteiger charge is -2.31. The summed E-state index contributed by atoms with van der Waals surface area (Å²) in [4.78, 5) is 0. The predicted octanol–water partition coefficient (Wildman–Crippen LogP) is 6.98. The van der Waals surface area contributed by atoms with Crippen LogP contribution in [0.3, 0.4) is 0 Å². The molecule has 2 nitrogen and oxygen atoms in total. The van der Waals surface area contributed by atoms with Gasteiger partial charge in [-0.05, 0) is 84.3 Å². The topological polar surface area (TPSA) is 40.5 Å². The quantitative estimate of drug-likeness (QED) is 0.494. The summed E-state index contributed by atoms with van der Waals surface area (Å²) in [6.07, 6.45) is 0. The summed E-state index contributed by atoms with van der Waals surface area (Å²) < 4.78 is 0. The van der Waals surface area contributed by atoms with Gasteiger partial charge in [-0.15, -0.1) is 0 Å². The molecule has 0 spiro atoms. The van der Waals surface area contributed by atoms with Gasteiger partial charge < -0.3 is 10.2 Å². The third-order valence-corrected chi connectivity index (χ3v) is 6.76. The van der Waals surface area contributed by atoms with Crippen LogP contribution >= 0.6 is 0 Å². The Labute approximate surface area is 181 Å². The standard InChI is InChI=1S/C28H34O2/c1-17-15-25(29)19(3)13-23(17)27(5,6)21-9-11-22(12-10-21)28(7,8)24-14-20(4)26(30)16-18(24)2/h9-16,29-30H,1-8H3. The Bertz CT molecular complexity index is 998. The summed E-state index contributed by atoms with van der Waals surface area (Å²) in [5.41, 5.74) is 8.61. The van der Waals surface area contributed by atoms with E-state index in [1.165, 1.54) is 22.3 Å². The molecular formula is C28H34O2. The monoisotopic (exact) mass is 402 g/mol. The number of hydrogen-bond acceptors (Lipinski definition) is 2. The van der Waals surface area contributed by atoms with Crippen molar-refractivity contribution in [1.29, 1.82) is 0 Å². The summed E-state index contributed by atoms with van der Waals surface area (Å²) in [6.45, 7) is 17.0. The van der Waals surface area contributed by atoms with Gasteiger partial charge in [0.2, 0.25) is 0 Å². The van der Waals surface area contributed by atoms with Crippen LogP contribution in [0.1, 0.15) is 72.2 Å². The molecule has 3 aromatic carbocycles. The Morgan fingerprint density at radius 2 is 0.800 bits per heavy atom. The van der Waals surface area contributed by atoms with Crippen LogP contribution < -0.4 is 0 Å². The summed E-state index contributed by atoms with van der Waals surface area (Å²) in [6, 6.07) is 16.8. The van der Waals surface area contributed by atoms with Crippen molar-refractivity contribution in [2.24, 2.45) is 0 Å². The molecule has 2 N–H and O–H groups in total. The van der Waals surface area contributed by atoms with Gasteiger partial charge in [0.1, 0.15) is 11.5 Å². The van der Waals surface area contributed by atoms with E-state index < -0.39 is 0 Å². The molecular weight excluding hydrogens is 368 g/mol. The lowest BCUT2D eigenvalue weighted by Crippen LogP contribution is -2.23. The maximum absolute atomic E-state index is 10.0. The minimum atomic E-state index is -0.170. The van der Waals surface area contributed by atoms with E-state index in [2.05, 4.69) is 77.9 Å². The fourth-order valence-corrected chi connectivity index (χ4v) is 4.56. The molecule has 0 saturated carbocycles. The summed E-state index contributed by atoms with van der Waals surface area (Å²) in [5, 5.41) is 20.1. The Morgan fingerprint density at radius 1 is 0.500 bits per heavy atom. The SMILES string of the molecule is Cc1cc(C(C)(C)c2ccc(C(C)(C)c3cc(C)c(O)cc3C)cc2)c(C)cc1O. The van der Waals surface area contributed by atoms with Crippen LogP contribution in [0.25, 0.3) is 0 Å². The second-order valence-electron chi connectivity index (χ2n) is 9.73. The Hall–Kier alpha value is -2.74. The van der Waals surface area contributed by atoms with Gasteiger partial charge in [0, 0.05) is 10.8 Å². The molecule has 0 amide bonds. The minimum Gasteiger partial charge on any atom is -0.508 e. The molecule has 0 aromatic heterocycles. The van der Waals surface area contributed by atoms with Crippen LogP contribution in [0.2, 0.25) is 0 Å². The molecule has 0 heterocycles. The maximum Gasteiger partial charge on any atom is 0.118 e. The summed E-state index contributed by atoms with van der Waals surface area (Å²) in [7, 11) is 0. The predicted molar refractivity (Wildman–Crippen MR) is 126 cm³/mol. The van der Waals surface area contributed by atoms with Crippen molar-refractivity contribution >= 4 is 0 Å². The van der Waals surface area contributed by atoms with Crippen molar-refractivity contribution in [1.82, 2.24) is 0 Å². The minimum absolute atomic E-state index is 0.170. The average molecular weight is 403 g/mol. The molecule has 0 aliphatic carbocycles. The number of rotatable bonds is 4. The van der Waals surface area contributed by atoms with Gasteiger partial charge in [0.15, 0.2) is 0 Å². The molecule has 0 bridgehead atoms. The zero-order valence-electron chi connectivity index (χ0n) is 19.5. The van der Waals surface area contributed by atoms with E-state index in [4.69, 9.17) is 0 Å². The van der Waals surface area contributed by atoms with E-state index in [-0.39, 0.29) is 10.8 Å². The highest BCUT2D eigenvalue weighted by Crippen LogP contribution is 2.39. The van der Waals surface area contributed by atoms with Crippen LogP contribution in [-0.2, 0) is 10.8 Å².